The van der Waals surface area contributed by atoms with Crippen LogP contribution in [0, 0.1) is 13.8 Å². The zero-order chi connectivity index (χ0) is 14.3. The topological polar surface area (TPSA) is 55.1 Å². The van der Waals surface area contributed by atoms with Crippen molar-refractivity contribution in [1.82, 2.24) is 5.32 Å². The minimum Gasteiger partial charge on any atom is -0.352 e. The van der Waals surface area contributed by atoms with Gasteiger partial charge in [0.15, 0.2) is 0 Å². The average Bonchev–Trinajstić information content (AvgIpc) is 2.38. The molecule has 1 rings (SSSR count). The van der Waals surface area contributed by atoms with E-state index in [0.717, 1.165) is 24.8 Å². The van der Waals surface area contributed by atoms with Crippen LogP contribution < -0.4 is 11.1 Å². The lowest BCUT2D eigenvalue weighted by atomic mass is 10.0. The third-order valence-electron chi connectivity index (χ3n) is 3.41. The van der Waals surface area contributed by atoms with Crippen molar-refractivity contribution >= 4 is 5.91 Å². The van der Waals surface area contributed by atoms with E-state index in [0.29, 0.717) is 13.0 Å². The van der Waals surface area contributed by atoms with Gasteiger partial charge in [0.2, 0.25) is 5.91 Å². The van der Waals surface area contributed by atoms with Crippen molar-refractivity contribution in [3.8, 4) is 0 Å². The van der Waals surface area contributed by atoms with Crippen LogP contribution in [0.1, 0.15) is 42.9 Å². The fraction of sp³-hybridized carbons (Fsp3) is 0.562. The maximum atomic E-state index is 12.0. The summed E-state index contributed by atoms with van der Waals surface area (Å²) in [6, 6.07) is 6.33. The van der Waals surface area contributed by atoms with Crippen LogP contribution >= 0.6 is 0 Å². The number of hydrogen-bond acceptors (Lipinski definition) is 2. The Balaban J connectivity index is 2.56. The van der Waals surface area contributed by atoms with Crippen molar-refractivity contribution in [2.75, 3.05) is 6.54 Å². The number of nitrogens with two attached hydrogens (primary N) is 1. The molecule has 0 saturated heterocycles. The van der Waals surface area contributed by atoms with E-state index < -0.39 is 0 Å². The van der Waals surface area contributed by atoms with Gasteiger partial charge in [0, 0.05) is 12.6 Å². The number of amides is 1. The van der Waals surface area contributed by atoms with Crippen molar-refractivity contribution in [2.45, 2.75) is 52.5 Å². The summed E-state index contributed by atoms with van der Waals surface area (Å²) in [6.45, 7) is 6.74. The van der Waals surface area contributed by atoms with E-state index >= 15 is 0 Å². The molecule has 1 amide bonds. The number of carbonyl (C=O) groups is 1. The van der Waals surface area contributed by atoms with Crippen LogP contribution in [0.5, 0.6) is 0 Å². The van der Waals surface area contributed by atoms with Crippen LogP contribution in [0.15, 0.2) is 18.2 Å². The first kappa shape index (κ1) is 15.7. The molecule has 0 aromatic heterocycles. The molecule has 1 atom stereocenters. The molecule has 3 N–H and O–H groups in total. The number of aryl methyl sites for hydroxylation is 2. The summed E-state index contributed by atoms with van der Waals surface area (Å²) in [5.74, 6) is 0.0697. The summed E-state index contributed by atoms with van der Waals surface area (Å²) >= 11 is 0. The highest BCUT2D eigenvalue weighted by molar-refractivity contribution is 5.79. The summed E-state index contributed by atoms with van der Waals surface area (Å²) in [5.41, 5.74) is 9.15. The van der Waals surface area contributed by atoms with Crippen LogP contribution in [-0.4, -0.2) is 18.5 Å². The highest BCUT2D eigenvalue weighted by atomic mass is 16.1. The Kier molecular flexibility index (Phi) is 6.57. The van der Waals surface area contributed by atoms with Gasteiger partial charge >= 0.3 is 0 Å². The molecular weight excluding hydrogens is 236 g/mol. The largest absolute Gasteiger partial charge is 0.352 e. The molecule has 0 bridgehead atoms. The van der Waals surface area contributed by atoms with Crippen molar-refractivity contribution in [1.29, 1.82) is 0 Å². The Labute approximate surface area is 116 Å². The molecule has 3 nitrogen and oxygen atoms in total. The molecule has 0 radical (unpaired) electrons. The highest BCUT2D eigenvalue weighted by Gasteiger charge is 2.11. The van der Waals surface area contributed by atoms with Crippen molar-refractivity contribution < 1.29 is 4.79 Å². The molecule has 1 aromatic carbocycles. The quantitative estimate of drug-likeness (QED) is 0.793. The van der Waals surface area contributed by atoms with E-state index in [4.69, 9.17) is 5.73 Å². The molecule has 106 valence electrons. The van der Waals surface area contributed by atoms with E-state index in [-0.39, 0.29) is 11.9 Å². The van der Waals surface area contributed by atoms with Crippen molar-refractivity contribution in [3.63, 3.8) is 0 Å². The Morgan fingerprint density at radius 2 is 2.11 bits per heavy atom. The lowest BCUT2D eigenvalue weighted by Crippen LogP contribution is -2.40. The van der Waals surface area contributed by atoms with Crippen LogP contribution in [0.4, 0.5) is 0 Å². The second-order valence-corrected chi connectivity index (χ2v) is 5.25. The van der Waals surface area contributed by atoms with Gasteiger partial charge in [-0.25, -0.2) is 0 Å². The molecule has 19 heavy (non-hydrogen) atoms. The first-order chi connectivity index (χ1) is 9.06. The number of hydrogen-bond donors (Lipinski definition) is 2. The smallest absolute Gasteiger partial charge is 0.224 e. The predicted molar refractivity (Wildman–Crippen MR) is 80.1 cm³/mol. The van der Waals surface area contributed by atoms with Gasteiger partial charge in [-0.15, -0.1) is 0 Å². The van der Waals surface area contributed by atoms with Gasteiger partial charge in [-0.05, 0) is 31.4 Å². The molecule has 0 spiro atoms. The Morgan fingerprint density at radius 3 is 2.74 bits per heavy atom. The van der Waals surface area contributed by atoms with Gasteiger partial charge in [-0.2, -0.15) is 0 Å². The summed E-state index contributed by atoms with van der Waals surface area (Å²) in [4.78, 5) is 12.0. The van der Waals surface area contributed by atoms with E-state index in [1.54, 1.807) is 0 Å². The number of benzene rings is 1. The van der Waals surface area contributed by atoms with Gasteiger partial charge in [0.25, 0.3) is 0 Å². The first-order valence-corrected chi connectivity index (χ1v) is 7.12. The number of rotatable bonds is 7. The molecule has 3 heteroatoms. The standard InChI is InChI=1S/C16H26N2O/c1-4-5-6-15(11-17)18-16(19)10-14-9-12(2)7-8-13(14)3/h7-9,15H,4-6,10-11,17H2,1-3H3,(H,18,19). The molecule has 0 aliphatic rings. The third-order valence-corrected chi connectivity index (χ3v) is 3.41. The fourth-order valence-corrected chi connectivity index (χ4v) is 2.14. The minimum absolute atomic E-state index is 0.0697. The molecule has 0 aliphatic carbocycles. The molecular formula is C16H26N2O. The van der Waals surface area contributed by atoms with Crippen LogP contribution in [-0.2, 0) is 11.2 Å². The maximum absolute atomic E-state index is 12.0. The second kappa shape index (κ2) is 7.95. The predicted octanol–water partition coefficient (Wildman–Crippen LogP) is 2.48. The summed E-state index contributed by atoms with van der Waals surface area (Å²) in [6.07, 6.45) is 3.64. The van der Waals surface area contributed by atoms with Gasteiger partial charge in [-0.3, -0.25) is 4.79 Å². The summed E-state index contributed by atoms with van der Waals surface area (Å²) in [7, 11) is 0. The third kappa shape index (κ3) is 5.43. The van der Waals surface area contributed by atoms with Crippen LogP contribution in [0.3, 0.4) is 0 Å². The Hall–Kier alpha value is -1.35. The summed E-state index contributed by atoms with van der Waals surface area (Å²) < 4.78 is 0. The maximum Gasteiger partial charge on any atom is 0.224 e. The van der Waals surface area contributed by atoms with E-state index in [1.165, 1.54) is 11.1 Å². The van der Waals surface area contributed by atoms with E-state index in [9.17, 15) is 4.79 Å². The zero-order valence-electron chi connectivity index (χ0n) is 12.3. The van der Waals surface area contributed by atoms with Gasteiger partial charge in [0.05, 0.1) is 6.42 Å². The average molecular weight is 262 g/mol. The number of unbranched alkanes of at least 4 members (excludes halogenated alkanes) is 1. The highest BCUT2D eigenvalue weighted by Crippen LogP contribution is 2.11. The fourth-order valence-electron chi connectivity index (χ4n) is 2.14. The van der Waals surface area contributed by atoms with Crippen LogP contribution in [0.2, 0.25) is 0 Å². The van der Waals surface area contributed by atoms with E-state index in [2.05, 4.69) is 30.4 Å². The van der Waals surface area contributed by atoms with Crippen LogP contribution in [0.25, 0.3) is 0 Å². The SMILES string of the molecule is CCCCC(CN)NC(=O)Cc1cc(C)ccc1C. The van der Waals surface area contributed by atoms with Crippen molar-refractivity contribution in [2.24, 2.45) is 5.73 Å². The molecule has 1 unspecified atom stereocenters. The zero-order valence-corrected chi connectivity index (χ0v) is 12.3. The Bertz CT molecular complexity index is 415. The normalized spacial score (nSPS) is 12.2. The van der Waals surface area contributed by atoms with E-state index in [1.807, 2.05) is 13.8 Å². The lowest BCUT2D eigenvalue weighted by Gasteiger charge is -2.17. The molecule has 0 saturated carbocycles. The van der Waals surface area contributed by atoms with Crippen molar-refractivity contribution in [3.05, 3.63) is 34.9 Å². The Morgan fingerprint density at radius 1 is 1.37 bits per heavy atom. The van der Waals surface area contributed by atoms with Gasteiger partial charge < -0.3 is 11.1 Å². The van der Waals surface area contributed by atoms with Gasteiger partial charge in [0.1, 0.15) is 0 Å². The summed E-state index contributed by atoms with van der Waals surface area (Å²) in [5, 5.41) is 3.03. The molecule has 0 heterocycles. The lowest BCUT2D eigenvalue weighted by molar-refractivity contribution is -0.121. The first-order valence-electron chi connectivity index (χ1n) is 7.12. The molecule has 0 fully saturated rings. The monoisotopic (exact) mass is 262 g/mol. The number of carbonyl (C=O) groups excluding carboxylic acids is 1. The number of nitrogens with one attached hydrogen (secondary N) is 1. The molecule has 0 aliphatic heterocycles. The second-order valence-electron chi connectivity index (χ2n) is 5.25. The van der Waals surface area contributed by atoms with Gasteiger partial charge in [-0.1, -0.05) is 43.5 Å². The molecule has 1 aromatic rings. The minimum atomic E-state index is 0.0697.